The average molecular weight is 642 g/mol. The number of aryl methyl sites for hydroxylation is 1. The van der Waals surface area contributed by atoms with E-state index in [1.165, 1.54) is 12.0 Å². The molecule has 2 fully saturated rings. The Kier molecular flexibility index (Phi) is 8.63. The fourth-order valence-electron chi connectivity index (χ4n) is 7.29. The van der Waals surface area contributed by atoms with Crippen LogP contribution in [0.15, 0.2) is 72.8 Å². The normalized spacial score (nSPS) is 26.0. The molecule has 2 aliphatic heterocycles. The van der Waals surface area contributed by atoms with Crippen LogP contribution in [0, 0.1) is 12.3 Å². The second-order valence-corrected chi connectivity index (χ2v) is 13.7. The number of para-hydroxylation sites is 1. The number of ether oxygens (including phenoxy) is 3. The van der Waals surface area contributed by atoms with Crippen molar-refractivity contribution < 1.29 is 33.7 Å². The van der Waals surface area contributed by atoms with E-state index in [0.29, 0.717) is 11.4 Å². The van der Waals surface area contributed by atoms with Gasteiger partial charge in [-0.1, -0.05) is 54.8 Å². The maximum absolute atomic E-state index is 15.4. The highest BCUT2D eigenvalue weighted by Crippen LogP contribution is 2.59. The van der Waals surface area contributed by atoms with Crippen molar-refractivity contribution in [1.29, 1.82) is 0 Å². The number of nitrogens with one attached hydrogen (secondary N) is 2. The maximum Gasteiger partial charge on any atom is 0.265 e. The van der Waals surface area contributed by atoms with E-state index in [1.54, 1.807) is 66.7 Å². The molecular weight excluding hydrogens is 598 g/mol. The van der Waals surface area contributed by atoms with E-state index < -0.39 is 46.4 Å². The molecule has 3 aromatic rings. The number of hydrogen-bond acceptors (Lipinski definition) is 8. The summed E-state index contributed by atoms with van der Waals surface area (Å²) in [5, 5.41) is 19.5. The average Bonchev–Trinajstić information content (AvgIpc) is 3.64. The van der Waals surface area contributed by atoms with Gasteiger partial charge in [-0.3, -0.25) is 24.6 Å². The molecule has 10 heteroatoms. The summed E-state index contributed by atoms with van der Waals surface area (Å²) in [7, 11) is 1.51. The molecule has 1 spiro atoms. The van der Waals surface area contributed by atoms with E-state index in [1.807, 2.05) is 33.8 Å². The summed E-state index contributed by atoms with van der Waals surface area (Å²) in [6, 6.07) is 18.6. The van der Waals surface area contributed by atoms with Crippen LogP contribution in [0.1, 0.15) is 67.9 Å². The molecule has 3 aromatic carbocycles. The summed E-state index contributed by atoms with van der Waals surface area (Å²) in [5.74, 6) is -1.27. The number of carbonyl (C=O) groups is 3. The number of benzene rings is 3. The molecule has 47 heavy (non-hydrogen) atoms. The van der Waals surface area contributed by atoms with E-state index in [0.717, 1.165) is 31.2 Å². The lowest BCUT2D eigenvalue weighted by Crippen LogP contribution is -2.71. The smallest absolute Gasteiger partial charge is 0.265 e. The Hall–Kier alpha value is -4.25. The largest absolute Gasteiger partial charge is 0.497 e. The van der Waals surface area contributed by atoms with Crippen LogP contribution < -0.4 is 25.0 Å². The standard InChI is InChI=1S/C37H43N3O7/c1-23-15-20-29-28(21-23)31(41)36(33(47-29)38-22-46-27-13-9-10-14-27)30(32(42)39-35(2,3)4)40(25-11-7-6-8-12-25)34(43)37(36,44)24-16-18-26(45-5)19-17-24/h6-8,11-12,15-21,27,30,33,38,44H,9-10,13-14,22H2,1-5H3,(H,39,42)/t30-,33+,36+,37-/m1/s1. The number of rotatable bonds is 8. The lowest BCUT2D eigenvalue weighted by molar-refractivity contribution is -0.159. The van der Waals surface area contributed by atoms with Gasteiger partial charge >= 0.3 is 0 Å². The molecule has 1 saturated carbocycles. The van der Waals surface area contributed by atoms with Crippen molar-refractivity contribution in [2.75, 3.05) is 18.7 Å². The van der Waals surface area contributed by atoms with Gasteiger partial charge < -0.3 is 24.6 Å². The molecule has 1 aliphatic carbocycles. The van der Waals surface area contributed by atoms with Gasteiger partial charge in [-0.05, 0) is 82.5 Å². The van der Waals surface area contributed by atoms with Crippen LogP contribution in [0.2, 0.25) is 0 Å². The lowest BCUT2D eigenvalue weighted by atomic mass is 9.60. The molecule has 6 rings (SSSR count). The molecule has 10 nitrogen and oxygen atoms in total. The quantitative estimate of drug-likeness (QED) is 0.305. The number of nitrogens with zero attached hydrogens (tertiary/aromatic N) is 1. The highest BCUT2D eigenvalue weighted by atomic mass is 16.5. The molecule has 4 atom stereocenters. The fraction of sp³-hybridized carbons (Fsp3) is 0.432. The van der Waals surface area contributed by atoms with E-state index in [2.05, 4.69) is 10.6 Å². The lowest BCUT2D eigenvalue weighted by Gasteiger charge is -2.49. The Labute approximate surface area is 275 Å². The number of fused-ring (bicyclic) bond motifs is 1. The summed E-state index contributed by atoms with van der Waals surface area (Å²) < 4.78 is 18.2. The minimum atomic E-state index is -2.58. The first-order valence-electron chi connectivity index (χ1n) is 16.2. The van der Waals surface area contributed by atoms with Gasteiger partial charge in [0.25, 0.3) is 5.91 Å². The van der Waals surface area contributed by atoms with Crippen molar-refractivity contribution in [3.8, 4) is 11.5 Å². The van der Waals surface area contributed by atoms with Gasteiger partial charge in [0.2, 0.25) is 5.91 Å². The van der Waals surface area contributed by atoms with Gasteiger partial charge in [0, 0.05) is 11.2 Å². The van der Waals surface area contributed by atoms with Gasteiger partial charge in [0.05, 0.1) is 25.5 Å². The van der Waals surface area contributed by atoms with Crippen LogP contribution in [-0.2, 0) is 19.9 Å². The highest BCUT2D eigenvalue weighted by Gasteiger charge is 2.80. The van der Waals surface area contributed by atoms with Crippen molar-refractivity contribution >= 4 is 23.3 Å². The van der Waals surface area contributed by atoms with Crippen LogP contribution in [0.3, 0.4) is 0 Å². The summed E-state index contributed by atoms with van der Waals surface area (Å²) in [6.07, 6.45) is 2.60. The van der Waals surface area contributed by atoms with Crippen LogP contribution in [0.25, 0.3) is 0 Å². The van der Waals surface area contributed by atoms with Crippen LogP contribution in [0.4, 0.5) is 5.69 Å². The highest BCUT2D eigenvalue weighted by molar-refractivity contribution is 6.20. The van der Waals surface area contributed by atoms with Crippen molar-refractivity contribution in [3.63, 3.8) is 0 Å². The fourth-order valence-corrected chi connectivity index (χ4v) is 7.29. The first-order valence-corrected chi connectivity index (χ1v) is 16.2. The van der Waals surface area contributed by atoms with E-state index >= 15 is 9.59 Å². The van der Waals surface area contributed by atoms with E-state index in [4.69, 9.17) is 14.2 Å². The number of aliphatic hydroxyl groups is 1. The molecule has 0 bridgehead atoms. The molecule has 1 saturated heterocycles. The first kappa shape index (κ1) is 32.7. The summed E-state index contributed by atoms with van der Waals surface area (Å²) >= 11 is 0. The Balaban J connectivity index is 1.64. The SMILES string of the molecule is COc1ccc([C@@]2(O)C(=O)N(c3ccccc3)[C@H](C(=O)NC(C)(C)C)[C@@]23C(=O)c2cc(C)ccc2O[C@@H]3NCOC2CCCC2)cc1. The molecule has 2 amide bonds. The molecule has 3 N–H and O–H groups in total. The van der Waals surface area contributed by atoms with Crippen LogP contribution >= 0.6 is 0 Å². The van der Waals surface area contributed by atoms with Crippen molar-refractivity contribution in [1.82, 2.24) is 10.6 Å². The topological polar surface area (TPSA) is 126 Å². The van der Waals surface area contributed by atoms with E-state index in [9.17, 15) is 9.90 Å². The number of carbonyl (C=O) groups excluding carboxylic acids is 3. The Morgan fingerprint density at radius 3 is 2.34 bits per heavy atom. The summed E-state index contributed by atoms with van der Waals surface area (Å²) in [4.78, 5) is 46.5. The third-order valence-corrected chi connectivity index (χ3v) is 9.41. The predicted molar refractivity (Wildman–Crippen MR) is 176 cm³/mol. The summed E-state index contributed by atoms with van der Waals surface area (Å²) in [5.41, 5.74) is -4.15. The second-order valence-electron chi connectivity index (χ2n) is 13.7. The third-order valence-electron chi connectivity index (χ3n) is 9.41. The number of ketones is 1. The zero-order valence-electron chi connectivity index (χ0n) is 27.5. The predicted octanol–water partition coefficient (Wildman–Crippen LogP) is 4.62. The Morgan fingerprint density at radius 2 is 1.70 bits per heavy atom. The van der Waals surface area contributed by atoms with E-state index in [-0.39, 0.29) is 29.7 Å². The molecule has 2 heterocycles. The van der Waals surface area contributed by atoms with Gasteiger partial charge in [0.15, 0.2) is 23.0 Å². The molecule has 0 unspecified atom stereocenters. The molecule has 248 valence electrons. The van der Waals surface area contributed by atoms with Crippen LogP contribution in [-0.4, -0.2) is 60.5 Å². The van der Waals surface area contributed by atoms with Crippen molar-refractivity contribution in [2.24, 2.45) is 5.41 Å². The first-order chi connectivity index (χ1) is 22.4. The zero-order chi connectivity index (χ0) is 33.6. The molecule has 0 aromatic heterocycles. The monoisotopic (exact) mass is 641 g/mol. The number of hydrogen-bond donors (Lipinski definition) is 3. The number of Topliss-reactive ketones (excluding diaryl/α,β-unsaturated/α-hetero) is 1. The summed E-state index contributed by atoms with van der Waals surface area (Å²) in [6.45, 7) is 7.27. The van der Waals surface area contributed by atoms with Gasteiger partial charge in [0.1, 0.15) is 17.5 Å². The second kappa shape index (κ2) is 12.4. The maximum atomic E-state index is 15.4. The number of anilines is 1. The van der Waals surface area contributed by atoms with Crippen molar-refractivity contribution in [2.45, 2.75) is 82.9 Å². The molecular formula is C37H43N3O7. The van der Waals surface area contributed by atoms with Gasteiger partial charge in [-0.15, -0.1) is 0 Å². The molecule has 3 aliphatic rings. The van der Waals surface area contributed by atoms with Crippen molar-refractivity contribution in [3.05, 3.63) is 89.5 Å². The van der Waals surface area contributed by atoms with Gasteiger partial charge in [-0.25, -0.2) is 0 Å². The molecule has 0 radical (unpaired) electrons. The zero-order valence-corrected chi connectivity index (χ0v) is 27.5. The number of amides is 2. The Bertz CT molecular complexity index is 1650. The van der Waals surface area contributed by atoms with Crippen LogP contribution in [0.5, 0.6) is 11.5 Å². The minimum absolute atomic E-state index is 0.0270. The Morgan fingerprint density at radius 1 is 1.02 bits per heavy atom. The minimum Gasteiger partial charge on any atom is -0.497 e. The third kappa shape index (κ3) is 5.48. The number of methoxy groups -OCH3 is 1. The van der Waals surface area contributed by atoms with Gasteiger partial charge in [-0.2, -0.15) is 0 Å².